The van der Waals surface area contributed by atoms with E-state index in [4.69, 9.17) is 0 Å². The molecule has 0 aromatic heterocycles. The highest BCUT2D eigenvalue weighted by Crippen LogP contribution is 2.36. The van der Waals surface area contributed by atoms with Crippen LogP contribution in [0.15, 0.2) is 158 Å². The summed E-state index contributed by atoms with van der Waals surface area (Å²) in [6.45, 7) is 4.22. The van der Waals surface area contributed by atoms with Crippen LogP contribution in [0.4, 0.5) is 4.11 Å². The van der Waals surface area contributed by atoms with Crippen LogP contribution in [0, 0.1) is 0 Å². The maximum Gasteiger partial charge on any atom is 0.270 e. The molecule has 0 aliphatic carbocycles. The fraction of sp³-hybridized carbons (Fsp3) is 0.0556. The van der Waals surface area contributed by atoms with Crippen molar-refractivity contribution in [1.82, 2.24) is 0 Å². The van der Waals surface area contributed by atoms with Gasteiger partial charge in [-0.25, -0.2) is 0 Å². The minimum atomic E-state index is -3.61. The van der Waals surface area contributed by atoms with Crippen LogP contribution in [0.3, 0.4) is 0 Å². The van der Waals surface area contributed by atoms with Crippen molar-refractivity contribution in [2.45, 2.75) is 13.1 Å². The fourth-order valence-electron chi connectivity index (χ4n) is 6.00. The van der Waals surface area contributed by atoms with E-state index in [9.17, 15) is 0 Å². The van der Waals surface area contributed by atoms with Gasteiger partial charge in [-0.1, -0.05) is 175 Å². The SMILES string of the molecule is C[Si](c1ccccc1)(c1ccccc1)[Si@@](C)(F)c1cccc2cccc(P(c3ccccc3)c3ccccc3)c12. The van der Waals surface area contributed by atoms with E-state index in [-0.39, 0.29) is 0 Å². The zero-order chi connectivity index (χ0) is 27.6. The average Bonchev–Trinajstić information content (AvgIpc) is 3.02. The molecule has 6 rings (SSSR count). The normalized spacial score (nSPS) is 13.3. The maximum absolute atomic E-state index is 18.4. The molecule has 6 aromatic carbocycles. The van der Waals surface area contributed by atoms with Gasteiger partial charge in [0.15, 0.2) is 0 Å². The summed E-state index contributed by atoms with van der Waals surface area (Å²) in [5.41, 5.74) is 0. The molecule has 0 aliphatic heterocycles. The smallest absolute Gasteiger partial charge is 0.270 e. The summed E-state index contributed by atoms with van der Waals surface area (Å²) < 4.78 is 18.4. The van der Waals surface area contributed by atoms with Crippen LogP contribution >= 0.6 is 7.92 Å². The predicted molar refractivity (Wildman–Crippen MR) is 179 cm³/mol. The number of rotatable bonds is 7. The van der Waals surface area contributed by atoms with Gasteiger partial charge in [0.2, 0.25) is 0 Å². The molecule has 0 aliphatic rings. The summed E-state index contributed by atoms with van der Waals surface area (Å²) in [4.78, 5) is 0. The number of hydrogen-bond donors (Lipinski definition) is 0. The van der Waals surface area contributed by atoms with Crippen LogP contribution in [0.1, 0.15) is 0 Å². The number of fused-ring (bicyclic) bond motifs is 1. The van der Waals surface area contributed by atoms with Crippen molar-refractivity contribution in [1.29, 1.82) is 0 Å². The second-order valence-electron chi connectivity index (χ2n) is 10.5. The van der Waals surface area contributed by atoms with Gasteiger partial charge >= 0.3 is 0 Å². The van der Waals surface area contributed by atoms with Crippen LogP contribution < -0.4 is 31.5 Å². The molecular formula is C36H32FPSi2. The Bertz CT molecular complexity index is 1640. The molecule has 0 amide bonds. The van der Waals surface area contributed by atoms with E-state index >= 15 is 4.11 Å². The van der Waals surface area contributed by atoms with Gasteiger partial charge in [0, 0.05) is 0 Å². The van der Waals surface area contributed by atoms with Crippen LogP contribution in [0.2, 0.25) is 13.1 Å². The van der Waals surface area contributed by atoms with Gasteiger partial charge in [-0.2, -0.15) is 0 Å². The molecule has 0 nitrogen and oxygen atoms in total. The summed E-state index contributed by atoms with van der Waals surface area (Å²) in [5, 5.41) is 9.23. The standard InChI is InChI=1S/C36H32FPSi2/c1-39(32-23-11-5-12-24-32,33-25-13-6-14-26-33)40(2,37)35-28-16-18-29-17-15-27-34(36(29)35)38(30-19-7-3-8-20-30)31-21-9-4-10-22-31/h3-28H,1-2H3/t40-/m1/s1. The largest absolute Gasteiger partial charge is 0.311 e. The van der Waals surface area contributed by atoms with Gasteiger partial charge < -0.3 is 4.11 Å². The lowest BCUT2D eigenvalue weighted by Crippen LogP contribution is -2.76. The molecule has 0 heterocycles. The van der Waals surface area contributed by atoms with Crippen LogP contribution in [-0.2, 0) is 0 Å². The average molecular weight is 571 g/mol. The van der Waals surface area contributed by atoms with Gasteiger partial charge in [-0.15, -0.1) is 0 Å². The lowest BCUT2D eigenvalue weighted by atomic mass is 10.1. The number of benzene rings is 6. The third-order valence-electron chi connectivity index (χ3n) is 8.30. The lowest BCUT2D eigenvalue weighted by molar-refractivity contribution is 0.840. The molecule has 40 heavy (non-hydrogen) atoms. The Morgan fingerprint density at radius 1 is 0.475 bits per heavy atom. The van der Waals surface area contributed by atoms with Gasteiger partial charge in [0.05, 0.1) is 0 Å². The highest BCUT2D eigenvalue weighted by molar-refractivity contribution is 7.80. The van der Waals surface area contributed by atoms with Gasteiger partial charge in [0.1, 0.15) is 7.59 Å². The van der Waals surface area contributed by atoms with E-state index in [1.807, 2.05) is 18.7 Å². The topological polar surface area (TPSA) is 0 Å². The van der Waals surface area contributed by atoms with Crippen molar-refractivity contribution in [3.63, 3.8) is 0 Å². The minimum absolute atomic E-state index is 0.883. The summed E-state index contributed by atoms with van der Waals surface area (Å²) in [5.74, 6) is 0. The quantitative estimate of drug-likeness (QED) is 0.120. The molecule has 0 unspecified atom stereocenters. The monoisotopic (exact) mass is 570 g/mol. The van der Waals surface area contributed by atoms with Crippen molar-refractivity contribution < 1.29 is 4.11 Å². The first kappa shape index (κ1) is 26.6. The molecule has 0 saturated heterocycles. The molecule has 0 fully saturated rings. The summed E-state index contributed by atoms with van der Waals surface area (Å²) >= 11 is 0. The van der Waals surface area contributed by atoms with E-state index in [0.717, 1.165) is 26.3 Å². The highest BCUT2D eigenvalue weighted by atomic mass is 31.1. The fourth-order valence-corrected chi connectivity index (χ4v) is 19.9. The molecule has 0 bridgehead atoms. The highest BCUT2D eigenvalue weighted by Gasteiger charge is 2.55. The zero-order valence-electron chi connectivity index (χ0n) is 22.8. The molecular weight excluding hydrogens is 539 g/mol. The summed E-state index contributed by atoms with van der Waals surface area (Å²) in [6.07, 6.45) is 0. The molecule has 4 heteroatoms. The molecule has 6 aromatic rings. The molecule has 0 N–H and O–H groups in total. The van der Waals surface area contributed by atoms with Gasteiger partial charge in [-0.3, -0.25) is 0 Å². The van der Waals surface area contributed by atoms with E-state index in [1.165, 1.54) is 15.9 Å². The van der Waals surface area contributed by atoms with E-state index < -0.39 is 23.4 Å². The van der Waals surface area contributed by atoms with Gasteiger partial charge in [0.25, 0.3) is 7.93 Å². The van der Waals surface area contributed by atoms with Gasteiger partial charge in [-0.05, 0) is 46.3 Å². The first-order valence-corrected chi connectivity index (χ1v) is 21.0. The van der Waals surface area contributed by atoms with Crippen LogP contribution in [0.25, 0.3) is 10.8 Å². The maximum atomic E-state index is 18.4. The number of halogens is 1. The second-order valence-corrected chi connectivity index (χ2v) is 24.5. The predicted octanol–water partition coefficient (Wildman–Crippen LogP) is 6.32. The first-order chi connectivity index (χ1) is 19.5. The van der Waals surface area contributed by atoms with E-state index in [1.54, 1.807) is 0 Å². The Morgan fingerprint density at radius 2 is 0.900 bits per heavy atom. The van der Waals surface area contributed by atoms with Crippen molar-refractivity contribution in [2.24, 2.45) is 0 Å². The van der Waals surface area contributed by atoms with E-state index in [0.29, 0.717) is 0 Å². The third kappa shape index (κ3) is 4.59. The van der Waals surface area contributed by atoms with Crippen molar-refractivity contribution in [3.05, 3.63) is 158 Å². The molecule has 1 atom stereocenters. The molecule has 196 valence electrons. The lowest BCUT2D eigenvalue weighted by Gasteiger charge is -2.39. The molecule has 0 radical (unpaired) electrons. The number of hydrogen-bond acceptors (Lipinski definition) is 0. The summed E-state index contributed by atoms with van der Waals surface area (Å²) in [7, 11) is -7.32. The summed E-state index contributed by atoms with van der Waals surface area (Å²) in [6, 6.07) is 55.2. The third-order valence-corrected chi connectivity index (χ3v) is 25.2. The molecule has 0 saturated carbocycles. The Labute approximate surface area is 239 Å². The molecule has 0 spiro atoms. The zero-order valence-corrected chi connectivity index (χ0v) is 25.7. The van der Waals surface area contributed by atoms with Crippen molar-refractivity contribution >= 4 is 65.7 Å². The first-order valence-electron chi connectivity index (χ1n) is 13.7. The minimum Gasteiger partial charge on any atom is -0.311 e. The van der Waals surface area contributed by atoms with E-state index in [2.05, 4.69) is 152 Å². The van der Waals surface area contributed by atoms with Crippen LogP contribution in [-0.4, -0.2) is 15.5 Å². The Hall–Kier alpha value is -3.63. The Balaban J connectivity index is 1.66. The Kier molecular flexibility index (Phi) is 7.38. The second kappa shape index (κ2) is 11.1. The van der Waals surface area contributed by atoms with Crippen molar-refractivity contribution in [3.8, 4) is 0 Å². The van der Waals surface area contributed by atoms with Crippen molar-refractivity contribution in [2.75, 3.05) is 0 Å². The Morgan fingerprint density at radius 3 is 1.38 bits per heavy atom. The van der Waals surface area contributed by atoms with Crippen LogP contribution in [0.5, 0.6) is 0 Å².